The summed E-state index contributed by atoms with van der Waals surface area (Å²) in [7, 11) is 0. The van der Waals surface area contributed by atoms with Gasteiger partial charge in [-0.15, -0.1) is 0 Å². The lowest BCUT2D eigenvalue weighted by Gasteiger charge is -2.06. The summed E-state index contributed by atoms with van der Waals surface area (Å²) in [6.45, 7) is 0. The lowest BCUT2D eigenvalue weighted by atomic mass is 10.2. The van der Waals surface area contributed by atoms with Crippen molar-refractivity contribution in [2.24, 2.45) is 0 Å². The highest BCUT2D eigenvalue weighted by atomic mass is 16.5. The number of benzene rings is 2. The van der Waals surface area contributed by atoms with E-state index in [1.54, 1.807) is 6.20 Å². The number of pyridine rings is 1. The predicted octanol–water partition coefficient (Wildman–Crippen LogP) is 3.61. The fraction of sp³-hybridized carbons (Fsp3) is 0. The van der Waals surface area contributed by atoms with E-state index in [9.17, 15) is 0 Å². The van der Waals surface area contributed by atoms with Gasteiger partial charge in [-0.25, -0.2) is 0 Å². The van der Waals surface area contributed by atoms with E-state index in [2.05, 4.69) is 4.98 Å². The largest absolute Gasteiger partial charge is 0.456 e. The zero-order valence-corrected chi connectivity index (χ0v) is 9.71. The normalized spacial score (nSPS) is 10.4. The number of hydrogen-bond acceptors (Lipinski definition) is 3. The van der Waals surface area contributed by atoms with Gasteiger partial charge in [-0.2, -0.15) is 0 Å². The number of para-hydroxylation sites is 1. The van der Waals surface area contributed by atoms with E-state index in [4.69, 9.17) is 10.5 Å². The van der Waals surface area contributed by atoms with Crippen LogP contribution in [-0.2, 0) is 0 Å². The van der Waals surface area contributed by atoms with Gasteiger partial charge < -0.3 is 10.5 Å². The van der Waals surface area contributed by atoms with Crippen molar-refractivity contribution in [3.63, 3.8) is 0 Å². The van der Waals surface area contributed by atoms with Crippen LogP contribution < -0.4 is 10.5 Å². The van der Waals surface area contributed by atoms with Crippen LogP contribution in [0.3, 0.4) is 0 Å². The van der Waals surface area contributed by atoms with Crippen LogP contribution in [0.25, 0.3) is 10.9 Å². The highest BCUT2D eigenvalue weighted by molar-refractivity contribution is 5.79. The van der Waals surface area contributed by atoms with E-state index in [-0.39, 0.29) is 0 Å². The van der Waals surface area contributed by atoms with Crippen molar-refractivity contribution >= 4 is 16.6 Å². The molecule has 0 radical (unpaired) electrons. The van der Waals surface area contributed by atoms with Gasteiger partial charge >= 0.3 is 0 Å². The molecule has 0 saturated heterocycles. The van der Waals surface area contributed by atoms with Crippen molar-refractivity contribution in [2.75, 3.05) is 5.73 Å². The number of nitrogens with two attached hydrogens (primary N) is 1. The van der Waals surface area contributed by atoms with Crippen molar-refractivity contribution < 1.29 is 4.74 Å². The van der Waals surface area contributed by atoms with Gasteiger partial charge in [-0.1, -0.05) is 18.2 Å². The molecule has 3 nitrogen and oxygen atoms in total. The molecule has 18 heavy (non-hydrogen) atoms. The van der Waals surface area contributed by atoms with Crippen LogP contribution in [0.15, 0.2) is 60.8 Å². The van der Waals surface area contributed by atoms with Gasteiger partial charge in [0.1, 0.15) is 11.5 Å². The Balaban J connectivity index is 1.92. The Kier molecular flexibility index (Phi) is 2.57. The van der Waals surface area contributed by atoms with Crippen LogP contribution in [-0.4, -0.2) is 4.98 Å². The molecule has 0 aliphatic carbocycles. The van der Waals surface area contributed by atoms with Crippen LogP contribution in [0.2, 0.25) is 0 Å². The molecule has 0 atom stereocenters. The highest BCUT2D eigenvalue weighted by Gasteiger charge is 2.00. The SMILES string of the molecule is Nc1ccc(Oc2cnc3ccccc3c2)cc1. The second-order valence-electron chi connectivity index (χ2n) is 4.03. The number of aromatic nitrogens is 1. The van der Waals surface area contributed by atoms with E-state index in [0.29, 0.717) is 0 Å². The summed E-state index contributed by atoms with van der Waals surface area (Å²) in [5.74, 6) is 1.47. The fourth-order valence-corrected chi connectivity index (χ4v) is 1.78. The smallest absolute Gasteiger partial charge is 0.146 e. The quantitative estimate of drug-likeness (QED) is 0.691. The van der Waals surface area contributed by atoms with Crippen LogP contribution in [0, 0.1) is 0 Å². The first-order valence-corrected chi connectivity index (χ1v) is 5.69. The monoisotopic (exact) mass is 236 g/mol. The van der Waals surface area contributed by atoms with Gasteiger partial charge in [0, 0.05) is 11.1 Å². The minimum absolute atomic E-state index is 0.721. The summed E-state index contributed by atoms with van der Waals surface area (Å²) in [4.78, 5) is 4.35. The average molecular weight is 236 g/mol. The summed E-state index contributed by atoms with van der Waals surface area (Å²) in [6, 6.07) is 17.2. The maximum Gasteiger partial charge on any atom is 0.146 e. The van der Waals surface area contributed by atoms with Crippen LogP contribution in [0.4, 0.5) is 5.69 Å². The van der Waals surface area contributed by atoms with E-state index < -0.39 is 0 Å². The van der Waals surface area contributed by atoms with Crippen molar-refractivity contribution in [3.05, 3.63) is 60.8 Å². The molecule has 88 valence electrons. The van der Waals surface area contributed by atoms with Crippen molar-refractivity contribution in [3.8, 4) is 11.5 Å². The standard InChI is InChI=1S/C15H12N2O/c16-12-5-7-13(8-6-12)18-14-9-11-3-1-2-4-15(11)17-10-14/h1-10H,16H2. The second-order valence-corrected chi connectivity index (χ2v) is 4.03. The molecule has 1 aromatic heterocycles. The number of fused-ring (bicyclic) bond motifs is 1. The zero-order valence-electron chi connectivity index (χ0n) is 9.71. The van der Waals surface area contributed by atoms with Crippen molar-refractivity contribution in [1.29, 1.82) is 0 Å². The minimum atomic E-state index is 0.721. The maximum absolute atomic E-state index is 5.72. The third kappa shape index (κ3) is 2.11. The molecule has 3 aromatic rings. The molecular formula is C15H12N2O. The van der Waals surface area contributed by atoms with Crippen LogP contribution in [0.1, 0.15) is 0 Å². The molecule has 3 rings (SSSR count). The van der Waals surface area contributed by atoms with Gasteiger partial charge in [0.25, 0.3) is 0 Å². The van der Waals surface area contributed by atoms with Gasteiger partial charge in [0.15, 0.2) is 0 Å². The first kappa shape index (κ1) is 10.6. The Morgan fingerprint density at radius 3 is 2.50 bits per heavy atom. The highest BCUT2D eigenvalue weighted by Crippen LogP contribution is 2.24. The lowest BCUT2D eigenvalue weighted by molar-refractivity contribution is 0.481. The third-order valence-electron chi connectivity index (χ3n) is 2.68. The Hall–Kier alpha value is -2.55. The molecule has 0 aliphatic rings. The average Bonchev–Trinajstić information content (AvgIpc) is 2.41. The molecule has 2 aromatic carbocycles. The van der Waals surface area contributed by atoms with E-state index in [1.165, 1.54) is 0 Å². The predicted molar refractivity (Wildman–Crippen MR) is 72.7 cm³/mol. The number of rotatable bonds is 2. The summed E-state index contributed by atoms with van der Waals surface area (Å²) in [5.41, 5.74) is 7.31. The molecule has 0 fully saturated rings. The molecule has 2 N–H and O–H groups in total. The first-order chi connectivity index (χ1) is 8.81. The number of nitrogen functional groups attached to an aromatic ring is 1. The van der Waals surface area contributed by atoms with Gasteiger partial charge in [0.2, 0.25) is 0 Å². The Bertz CT molecular complexity index is 677. The van der Waals surface area contributed by atoms with Gasteiger partial charge in [-0.05, 0) is 36.4 Å². The number of anilines is 1. The van der Waals surface area contributed by atoms with Crippen molar-refractivity contribution in [2.45, 2.75) is 0 Å². The van der Waals surface area contributed by atoms with Crippen LogP contribution in [0.5, 0.6) is 11.5 Å². The molecule has 0 bridgehead atoms. The Labute approximate surface area is 105 Å². The molecule has 0 aliphatic heterocycles. The summed E-state index contributed by atoms with van der Waals surface area (Å²) in [5, 5.41) is 1.06. The number of hydrogen-bond donors (Lipinski definition) is 1. The third-order valence-corrected chi connectivity index (χ3v) is 2.68. The molecule has 0 saturated carbocycles. The Morgan fingerprint density at radius 2 is 1.67 bits per heavy atom. The zero-order chi connectivity index (χ0) is 12.4. The molecule has 0 amide bonds. The topological polar surface area (TPSA) is 48.1 Å². The molecule has 1 heterocycles. The molecule has 3 heteroatoms. The van der Waals surface area contributed by atoms with E-state index in [0.717, 1.165) is 28.1 Å². The molecule has 0 spiro atoms. The Morgan fingerprint density at radius 1 is 0.889 bits per heavy atom. The first-order valence-electron chi connectivity index (χ1n) is 5.69. The number of nitrogens with zero attached hydrogens (tertiary/aromatic N) is 1. The van der Waals surface area contributed by atoms with Gasteiger partial charge in [0.05, 0.1) is 11.7 Å². The summed E-state index contributed by atoms with van der Waals surface area (Å²) < 4.78 is 5.72. The van der Waals surface area contributed by atoms with E-state index >= 15 is 0 Å². The maximum atomic E-state index is 5.72. The number of ether oxygens (including phenoxy) is 1. The second kappa shape index (κ2) is 4.37. The summed E-state index contributed by atoms with van der Waals surface area (Å²) >= 11 is 0. The van der Waals surface area contributed by atoms with Gasteiger partial charge in [-0.3, -0.25) is 4.98 Å². The minimum Gasteiger partial charge on any atom is -0.456 e. The lowest BCUT2D eigenvalue weighted by Crippen LogP contribution is -1.88. The van der Waals surface area contributed by atoms with E-state index in [1.807, 2.05) is 54.6 Å². The van der Waals surface area contributed by atoms with Crippen molar-refractivity contribution in [1.82, 2.24) is 4.98 Å². The molecule has 0 unspecified atom stereocenters. The molecular weight excluding hydrogens is 224 g/mol. The fourth-order valence-electron chi connectivity index (χ4n) is 1.78. The summed E-state index contributed by atoms with van der Waals surface area (Å²) in [6.07, 6.45) is 1.72. The van der Waals surface area contributed by atoms with Crippen LogP contribution >= 0.6 is 0 Å².